The van der Waals surface area contributed by atoms with E-state index >= 15 is 0 Å². The third-order valence-electron chi connectivity index (χ3n) is 3.65. The van der Waals surface area contributed by atoms with Crippen LogP contribution in [0, 0.1) is 13.8 Å². The Morgan fingerprint density at radius 2 is 2.18 bits per heavy atom. The van der Waals surface area contributed by atoms with Crippen molar-refractivity contribution in [2.24, 2.45) is 5.73 Å². The summed E-state index contributed by atoms with van der Waals surface area (Å²) in [6.07, 6.45) is 2.31. The summed E-state index contributed by atoms with van der Waals surface area (Å²) in [7, 11) is 0. The number of benzene rings is 1. The molecule has 2 nitrogen and oxygen atoms in total. The largest absolute Gasteiger partial charge is 0.392 e. The van der Waals surface area contributed by atoms with Crippen molar-refractivity contribution in [1.29, 1.82) is 0 Å². The molecule has 0 spiro atoms. The summed E-state index contributed by atoms with van der Waals surface area (Å²) in [5.41, 5.74) is 9.85. The molecule has 1 aromatic carbocycles. The molecule has 1 unspecified atom stereocenters. The highest BCUT2D eigenvalue weighted by atomic mass is 32.1. The van der Waals surface area contributed by atoms with Crippen LogP contribution in [-0.2, 0) is 6.54 Å². The Hall–Kier alpha value is -0.930. The van der Waals surface area contributed by atoms with E-state index in [1.165, 1.54) is 23.1 Å². The molecule has 1 heterocycles. The summed E-state index contributed by atoms with van der Waals surface area (Å²) >= 11 is 5.13. The number of likely N-dealkylation sites (tertiary alicyclic amines) is 1. The third kappa shape index (κ3) is 2.85. The van der Waals surface area contributed by atoms with Gasteiger partial charge in [-0.15, -0.1) is 0 Å². The first kappa shape index (κ1) is 12.5. The van der Waals surface area contributed by atoms with Gasteiger partial charge in [-0.1, -0.05) is 30.4 Å². The van der Waals surface area contributed by atoms with Crippen molar-refractivity contribution in [2.75, 3.05) is 6.54 Å². The number of rotatable bonds is 3. The van der Waals surface area contributed by atoms with Crippen molar-refractivity contribution < 1.29 is 0 Å². The van der Waals surface area contributed by atoms with Gasteiger partial charge in [0.15, 0.2) is 0 Å². The molecule has 0 bridgehead atoms. The molecular formula is C14H20N2S. The second-order valence-electron chi connectivity index (χ2n) is 4.95. The molecule has 1 aromatic rings. The molecule has 3 heteroatoms. The molecule has 0 saturated carbocycles. The molecular weight excluding hydrogens is 228 g/mol. The Morgan fingerprint density at radius 1 is 1.41 bits per heavy atom. The van der Waals surface area contributed by atoms with Crippen LogP contribution in [0.3, 0.4) is 0 Å². The van der Waals surface area contributed by atoms with Gasteiger partial charge in [-0.3, -0.25) is 4.90 Å². The molecule has 2 rings (SSSR count). The number of aryl methyl sites for hydroxylation is 2. The monoisotopic (exact) mass is 248 g/mol. The molecule has 0 aromatic heterocycles. The molecule has 17 heavy (non-hydrogen) atoms. The predicted octanol–water partition coefficient (Wildman–Crippen LogP) is 2.55. The van der Waals surface area contributed by atoms with Crippen LogP contribution in [0.15, 0.2) is 18.2 Å². The molecule has 2 N–H and O–H groups in total. The number of nitrogens with zero attached hydrogens (tertiary/aromatic N) is 1. The second-order valence-corrected chi connectivity index (χ2v) is 5.42. The quantitative estimate of drug-likeness (QED) is 0.834. The van der Waals surface area contributed by atoms with Gasteiger partial charge in [-0.25, -0.2) is 0 Å². The van der Waals surface area contributed by atoms with E-state index in [-0.39, 0.29) is 0 Å². The Morgan fingerprint density at radius 3 is 2.82 bits per heavy atom. The Balaban J connectivity index is 2.09. The zero-order valence-electron chi connectivity index (χ0n) is 10.6. The lowest BCUT2D eigenvalue weighted by Gasteiger charge is -2.23. The van der Waals surface area contributed by atoms with Gasteiger partial charge in [-0.2, -0.15) is 0 Å². The third-order valence-corrected chi connectivity index (χ3v) is 3.92. The highest BCUT2D eigenvalue weighted by Gasteiger charge is 2.26. The normalized spacial score (nSPS) is 20.7. The fraction of sp³-hybridized carbons (Fsp3) is 0.500. The maximum Gasteiger partial charge on any atom is 0.0902 e. The van der Waals surface area contributed by atoms with E-state index in [1.807, 2.05) is 0 Å². The van der Waals surface area contributed by atoms with E-state index < -0.39 is 0 Å². The van der Waals surface area contributed by atoms with Crippen LogP contribution in [0.2, 0.25) is 0 Å². The smallest absolute Gasteiger partial charge is 0.0902 e. The summed E-state index contributed by atoms with van der Waals surface area (Å²) in [4.78, 5) is 3.04. The van der Waals surface area contributed by atoms with Crippen LogP contribution in [0.25, 0.3) is 0 Å². The van der Waals surface area contributed by atoms with Crippen LogP contribution in [0.5, 0.6) is 0 Å². The lowest BCUT2D eigenvalue weighted by Crippen LogP contribution is -2.38. The van der Waals surface area contributed by atoms with Crippen molar-refractivity contribution in [3.05, 3.63) is 34.9 Å². The standard InChI is InChI=1S/C14H20N2S/c1-10-5-6-12(8-11(10)2)9-16-7-3-4-13(16)14(15)17/h5-6,8,13H,3-4,7,9H2,1-2H3,(H2,15,17). The van der Waals surface area contributed by atoms with Crippen molar-refractivity contribution in [2.45, 2.75) is 39.3 Å². The zero-order valence-corrected chi connectivity index (χ0v) is 11.4. The van der Waals surface area contributed by atoms with Gasteiger partial charge in [0.25, 0.3) is 0 Å². The Labute approximate surface area is 109 Å². The zero-order chi connectivity index (χ0) is 12.4. The van der Waals surface area contributed by atoms with Crippen LogP contribution >= 0.6 is 12.2 Å². The van der Waals surface area contributed by atoms with Crippen molar-refractivity contribution in [3.8, 4) is 0 Å². The number of nitrogens with two attached hydrogens (primary N) is 1. The van der Waals surface area contributed by atoms with Crippen molar-refractivity contribution >= 4 is 17.2 Å². The van der Waals surface area contributed by atoms with E-state index in [1.54, 1.807) is 0 Å². The molecule has 0 aliphatic carbocycles. The summed E-state index contributed by atoms with van der Waals surface area (Å²) in [5, 5.41) is 0. The average molecular weight is 248 g/mol. The Kier molecular flexibility index (Phi) is 3.79. The maximum absolute atomic E-state index is 5.79. The van der Waals surface area contributed by atoms with Crippen LogP contribution in [-0.4, -0.2) is 22.5 Å². The minimum absolute atomic E-state index is 0.298. The van der Waals surface area contributed by atoms with Crippen LogP contribution < -0.4 is 5.73 Å². The van der Waals surface area contributed by atoms with Gasteiger partial charge in [0.1, 0.15) is 0 Å². The molecule has 1 aliphatic rings. The van der Waals surface area contributed by atoms with Crippen LogP contribution in [0.4, 0.5) is 0 Å². The molecule has 1 atom stereocenters. The molecule has 0 radical (unpaired) electrons. The lowest BCUT2D eigenvalue weighted by molar-refractivity contribution is 0.295. The number of thiocarbonyl (C=S) groups is 1. The lowest BCUT2D eigenvalue weighted by atomic mass is 10.1. The summed E-state index contributed by atoms with van der Waals surface area (Å²) in [5.74, 6) is 0. The number of hydrogen-bond acceptors (Lipinski definition) is 2. The SMILES string of the molecule is Cc1ccc(CN2CCCC2C(N)=S)cc1C. The second kappa shape index (κ2) is 5.15. The van der Waals surface area contributed by atoms with Gasteiger partial charge >= 0.3 is 0 Å². The highest BCUT2D eigenvalue weighted by molar-refractivity contribution is 7.80. The molecule has 1 aliphatic heterocycles. The summed E-state index contributed by atoms with van der Waals surface area (Å²) in [6.45, 7) is 6.37. The fourth-order valence-corrected chi connectivity index (χ4v) is 2.74. The fourth-order valence-electron chi connectivity index (χ4n) is 2.47. The van der Waals surface area contributed by atoms with E-state index in [2.05, 4.69) is 36.9 Å². The van der Waals surface area contributed by atoms with E-state index in [4.69, 9.17) is 18.0 Å². The van der Waals surface area contributed by atoms with Gasteiger partial charge in [-0.05, 0) is 49.9 Å². The highest BCUT2D eigenvalue weighted by Crippen LogP contribution is 2.21. The van der Waals surface area contributed by atoms with Gasteiger partial charge in [0.05, 0.1) is 11.0 Å². The van der Waals surface area contributed by atoms with Gasteiger partial charge in [0.2, 0.25) is 0 Å². The molecule has 92 valence electrons. The van der Waals surface area contributed by atoms with Gasteiger partial charge in [0, 0.05) is 6.54 Å². The minimum atomic E-state index is 0.298. The first-order chi connectivity index (χ1) is 8.08. The van der Waals surface area contributed by atoms with E-state index in [0.29, 0.717) is 11.0 Å². The first-order valence-corrected chi connectivity index (χ1v) is 6.58. The molecule has 1 saturated heterocycles. The minimum Gasteiger partial charge on any atom is -0.392 e. The molecule has 0 amide bonds. The average Bonchev–Trinajstić information content (AvgIpc) is 2.72. The molecule has 1 fully saturated rings. The number of hydrogen-bond donors (Lipinski definition) is 1. The predicted molar refractivity (Wildman–Crippen MR) is 76.1 cm³/mol. The summed E-state index contributed by atoms with van der Waals surface area (Å²) < 4.78 is 0. The van der Waals surface area contributed by atoms with E-state index in [9.17, 15) is 0 Å². The first-order valence-electron chi connectivity index (χ1n) is 6.17. The Bertz CT molecular complexity index is 428. The van der Waals surface area contributed by atoms with Crippen molar-refractivity contribution in [1.82, 2.24) is 4.90 Å². The van der Waals surface area contributed by atoms with Crippen molar-refractivity contribution in [3.63, 3.8) is 0 Å². The topological polar surface area (TPSA) is 29.3 Å². The van der Waals surface area contributed by atoms with Crippen LogP contribution in [0.1, 0.15) is 29.5 Å². The van der Waals surface area contributed by atoms with E-state index in [0.717, 1.165) is 19.5 Å². The van der Waals surface area contributed by atoms with Gasteiger partial charge < -0.3 is 5.73 Å². The summed E-state index contributed by atoms with van der Waals surface area (Å²) in [6, 6.07) is 6.96. The maximum atomic E-state index is 5.79.